The zero-order chi connectivity index (χ0) is 22.7. The largest absolute Gasteiger partial charge is 0.465 e. The summed E-state index contributed by atoms with van der Waals surface area (Å²) < 4.78 is 18.2. The molecule has 3 aromatic rings. The highest BCUT2D eigenvalue weighted by Crippen LogP contribution is 2.38. The van der Waals surface area contributed by atoms with Gasteiger partial charge in [-0.3, -0.25) is 9.59 Å². The monoisotopic (exact) mass is 452 g/mol. The third-order valence-corrected chi connectivity index (χ3v) is 6.48. The van der Waals surface area contributed by atoms with Crippen LogP contribution < -0.4 is 10.6 Å². The molecule has 0 aliphatic heterocycles. The topological polar surface area (TPSA) is 84.5 Å². The number of halogens is 1. The molecule has 2 N–H and O–H groups in total. The average molecular weight is 453 g/mol. The smallest absolute Gasteiger partial charge is 0.337 e. The number of ether oxygens (including phenoxy) is 1. The van der Waals surface area contributed by atoms with Crippen molar-refractivity contribution < 1.29 is 23.5 Å². The van der Waals surface area contributed by atoms with Gasteiger partial charge in [0.2, 0.25) is 0 Å². The number of anilines is 2. The van der Waals surface area contributed by atoms with Gasteiger partial charge in [-0.15, -0.1) is 11.3 Å². The third-order valence-electron chi connectivity index (χ3n) is 5.28. The second-order valence-electron chi connectivity index (χ2n) is 7.40. The van der Waals surface area contributed by atoms with Crippen LogP contribution in [-0.4, -0.2) is 24.9 Å². The number of nitrogens with one attached hydrogen (secondary N) is 2. The van der Waals surface area contributed by atoms with Crippen LogP contribution >= 0.6 is 11.3 Å². The summed E-state index contributed by atoms with van der Waals surface area (Å²) in [6.45, 7) is 0. The Labute approximate surface area is 188 Å². The van der Waals surface area contributed by atoms with E-state index in [1.165, 1.54) is 36.6 Å². The molecule has 1 aromatic heterocycles. The third kappa shape index (κ3) is 4.55. The maximum absolute atomic E-state index is 13.5. The first-order valence-corrected chi connectivity index (χ1v) is 11.0. The van der Waals surface area contributed by atoms with Gasteiger partial charge in [0.1, 0.15) is 10.8 Å². The van der Waals surface area contributed by atoms with E-state index in [4.69, 9.17) is 0 Å². The van der Waals surface area contributed by atoms with Gasteiger partial charge >= 0.3 is 5.97 Å². The summed E-state index contributed by atoms with van der Waals surface area (Å²) in [7, 11) is 1.30. The molecule has 164 valence electrons. The summed E-state index contributed by atoms with van der Waals surface area (Å²) in [5.41, 5.74) is 2.45. The van der Waals surface area contributed by atoms with Crippen LogP contribution in [0.2, 0.25) is 0 Å². The fourth-order valence-corrected chi connectivity index (χ4v) is 4.98. The summed E-state index contributed by atoms with van der Waals surface area (Å²) in [5, 5.41) is 6.10. The van der Waals surface area contributed by atoms with E-state index in [0.29, 0.717) is 21.8 Å². The number of rotatable bonds is 5. The van der Waals surface area contributed by atoms with Gasteiger partial charge in [0.05, 0.1) is 18.2 Å². The molecule has 0 spiro atoms. The maximum Gasteiger partial charge on any atom is 0.337 e. The minimum absolute atomic E-state index is 0.182. The van der Waals surface area contributed by atoms with Crippen molar-refractivity contribution in [2.75, 3.05) is 17.7 Å². The lowest BCUT2D eigenvalue weighted by molar-refractivity contribution is 0.0600. The Kier molecular flexibility index (Phi) is 6.32. The van der Waals surface area contributed by atoms with Crippen LogP contribution in [0.25, 0.3) is 0 Å². The van der Waals surface area contributed by atoms with E-state index in [1.807, 2.05) is 0 Å². The Morgan fingerprint density at radius 3 is 2.41 bits per heavy atom. The molecule has 0 radical (unpaired) electrons. The number of carbonyl (C=O) groups is 3. The number of aryl methyl sites for hydroxylation is 1. The number of hydrogen-bond donors (Lipinski definition) is 2. The Balaban J connectivity index is 1.61. The van der Waals surface area contributed by atoms with Crippen LogP contribution in [-0.2, 0) is 17.6 Å². The van der Waals surface area contributed by atoms with Crippen LogP contribution in [0.3, 0.4) is 0 Å². The zero-order valence-corrected chi connectivity index (χ0v) is 18.2. The molecule has 8 heteroatoms. The number of amides is 2. The number of carbonyl (C=O) groups excluding carboxylic acids is 3. The van der Waals surface area contributed by atoms with E-state index in [9.17, 15) is 18.8 Å². The molecule has 0 atom stereocenters. The highest BCUT2D eigenvalue weighted by molar-refractivity contribution is 7.17. The van der Waals surface area contributed by atoms with Crippen molar-refractivity contribution in [2.24, 2.45) is 0 Å². The second-order valence-corrected chi connectivity index (χ2v) is 8.51. The van der Waals surface area contributed by atoms with Gasteiger partial charge < -0.3 is 15.4 Å². The highest BCUT2D eigenvalue weighted by Gasteiger charge is 2.27. The highest BCUT2D eigenvalue weighted by atomic mass is 32.1. The van der Waals surface area contributed by atoms with Gasteiger partial charge in [0.25, 0.3) is 11.8 Å². The molecule has 2 aromatic carbocycles. The molecule has 1 heterocycles. The fourth-order valence-electron chi connectivity index (χ4n) is 3.70. The Hall–Kier alpha value is -3.52. The van der Waals surface area contributed by atoms with E-state index in [1.54, 1.807) is 24.3 Å². The standard InChI is InChI=1S/C24H21FN2O4S/c1-31-24(30)14-9-11-17(12-10-14)26-22(29)20-18-7-2-3-8-19(18)32-23(20)27-21(28)15-5-4-6-16(25)13-15/h4-6,9-13H,2-3,7-8H2,1H3,(H,26,29)(H,27,28). The van der Waals surface area contributed by atoms with Crippen LogP contribution in [0, 0.1) is 5.82 Å². The van der Waals surface area contributed by atoms with Crippen LogP contribution in [0.1, 0.15) is 54.4 Å². The van der Waals surface area contributed by atoms with Crippen LogP contribution in [0.4, 0.5) is 15.1 Å². The molecule has 1 aliphatic carbocycles. The van der Waals surface area contributed by atoms with Crippen molar-refractivity contribution >= 4 is 39.8 Å². The van der Waals surface area contributed by atoms with Crippen molar-refractivity contribution in [3.8, 4) is 0 Å². The number of thiophene rings is 1. The first kappa shape index (κ1) is 21.7. The lowest BCUT2D eigenvalue weighted by atomic mass is 9.95. The molecule has 32 heavy (non-hydrogen) atoms. The first-order valence-electron chi connectivity index (χ1n) is 10.2. The number of esters is 1. The molecule has 0 saturated carbocycles. The fraction of sp³-hybridized carbons (Fsp3) is 0.208. The van der Waals surface area contributed by atoms with E-state index in [0.717, 1.165) is 42.2 Å². The number of hydrogen-bond acceptors (Lipinski definition) is 5. The predicted molar refractivity (Wildman–Crippen MR) is 121 cm³/mol. The molecule has 0 saturated heterocycles. The zero-order valence-electron chi connectivity index (χ0n) is 17.4. The molecule has 4 rings (SSSR count). The SMILES string of the molecule is COC(=O)c1ccc(NC(=O)c2c(NC(=O)c3cccc(F)c3)sc3c2CCCC3)cc1. The van der Waals surface area contributed by atoms with E-state index < -0.39 is 17.7 Å². The van der Waals surface area contributed by atoms with Gasteiger partial charge in [-0.2, -0.15) is 0 Å². The molecule has 6 nitrogen and oxygen atoms in total. The molecule has 0 fully saturated rings. The van der Waals surface area contributed by atoms with Crippen molar-refractivity contribution in [3.05, 3.63) is 81.5 Å². The molecule has 1 aliphatic rings. The van der Waals surface area contributed by atoms with Crippen LogP contribution in [0.15, 0.2) is 48.5 Å². The minimum Gasteiger partial charge on any atom is -0.465 e. The summed E-state index contributed by atoms with van der Waals surface area (Å²) in [4.78, 5) is 38.6. The van der Waals surface area contributed by atoms with Crippen molar-refractivity contribution in [3.63, 3.8) is 0 Å². The minimum atomic E-state index is -0.503. The summed E-state index contributed by atoms with van der Waals surface area (Å²) in [6, 6.07) is 11.8. The van der Waals surface area contributed by atoms with E-state index in [2.05, 4.69) is 15.4 Å². The number of benzene rings is 2. The van der Waals surface area contributed by atoms with Crippen molar-refractivity contribution in [1.82, 2.24) is 0 Å². The first-order chi connectivity index (χ1) is 15.5. The summed E-state index contributed by atoms with van der Waals surface area (Å²) >= 11 is 1.39. The Morgan fingerprint density at radius 1 is 0.938 bits per heavy atom. The van der Waals surface area contributed by atoms with Gasteiger partial charge in [0, 0.05) is 16.1 Å². The van der Waals surface area contributed by atoms with Gasteiger partial charge in [-0.1, -0.05) is 6.07 Å². The Morgan fingerprint density at radius 2 is 1.69 bits per heavy atom. The average Bonchev–Trinajstić information content (AvgIpc) is 3.17. The lowest BCUT2D eigenvalue weighted by Gasteiger charge is -2.13. The van der Waals surface area contributed by atoms with Crippen LogP contribution in [0.5, 0.6) is 0 Å². The number of methoxy groups -OCH3 is 1. The summed E-state index contributed by atoms with van der Waals surface area (Å²) in [5.74, 6) is -1.78. The molecular weight excluding hydrogens is 431 g/mol. The molecule has 0 unspecified atom stereocenters. The van der Waals surface area contributed by atoms with E-state index in [-0.39, 0.29) is 11.5 Å². The van der Waals surface area contributed by atoms with Crippen molar-refractivity contribution in [2.45, 2.75) is 25.7 Å². The molecule has 0 bridgehead atoms. The number of fused-ring (bicyclic) bond motifs is 1. The predicted octanol–water partition coefficient (Wildman–Crippen LogP) is 5.06. The van der Waals surface area contributed by atoms with Gasteiger partial charge in [0.15, 0.2) is 0 Å². The van der Waals surface area contributed by atoms with Gasteiger partial charge in [-0.25, -0.2) is 9.18 Å². The maximum atomic E-state index is 13.5. The Bertz CT molecular complexity index is 1190. The summed E-state index contributed by atoms with van der Waals surface area (Å²) in [6.07, 6.45) is 3.60. The van der Waals surface area contributed by atoms with Crippen molar-refractivity contribution in [1.29, 1.82) is 0 Å². The molecular formula is C24H21FN2O4S. The normalized spacial score (nSPS) is 12.6. The molecule has 2 amide bonds. The van der Waals surface area contributed by atoms with Gasteiger partial charge in [-0.05, 0) is 73.7 Å². The lowest BCUT2D eigenvalue weighted by Crippen LogP contribution is -2.18. The van der Waals surface area contributed by atoms with E-state index >= 15 is 0 Å². The second kappa shape index (κ2) is 9.32. The quantitative estimate of drug-likeness (QED) is 0.530.